The van der Waals surface area contributed by atoms with E-state index in [4.69, 9.17) is 39.4 Å². The van der Waals surface area contributed by atoms with Crippen LogP contribution in [0.3, 0.4) is 0 Å². The van der Waals surface area contributed by atoms with Gasteiger partial charge in [-0.15, -0.1) is 0 Å². The number of rotatable bonds is 17. The fourth-order valence-corrected chi connectivity index (χ4v) is 14.7. The van der Waals surface area contributed by atoms with Crippen LogP contribution in [0.1, 0.15) is 73.6 Å². The number of oxazole rings is 1. The first-order valence-corrected chi connectivity index (χ1v) is 28.7. The second kappa shape index (κ2) is 17.6. The van der Waals surface area contributed by atoms with E-state index < -0.39 is 32.5 Å². The Morgan fingerprint density at radius 2 is 1.75 bits per heavy atom. The average Bonchev–Trinajstić information content (AvgIpc) is 3.43. The van der Waals surface area contributed by atoms with E-state index in [-0.39, 0.29) is 24.4 Å². The summed E-state index contributed by atoms with van der Waals surface area (Å²) in [4.78, 5) is 11.6. The third kappa shape index (κ3) is 10.5. The molecule has 10 heteroatoms. The van der Waals surface area contributed by atoms with Gasteiger partial charge < -0.3 is 4.74 Å². The van der Waals surface area contributed by atoms with E-state index >= 15 is 0 Å². The molecule has 1 aliphatic heterocycles. The summed E-state index contributed by atoms with van der Waals surface area (Å²) >= 11 is 3.34. The van der Waals surface area contributed by atoms with Crippen molar-refractivity contribution in [1.82, 2.24) is 4.98 Å². The summed E-state index contributed by atoms with van der Waals surface area (Å²) in [6.07, 6.45) is 11.8. The number of halogens is 1. The summed E-state index contributed by atoms with van der Waals surface area (Å²) in [6.45, 7) is 16.0. The van der Waals surface area contributed by atoms with Gasteiger partial charge in [0.25, 0.3) is 0 Å². The molecular formula is C34H60ClNO6SiSn. The molecular weight excluding hydrogens is 701 g/mol. The molecule has 2 heterocycles. The van der Waals surface area contributed by atoms with Crippen molar-refractivity contribution in [3.63, 3.8) is 0 Å². The van der Waals surface area contributed by atoms with E-state index in [9.17, 15) is 0 Å². The van der Waals surface area contributed by atoms with Crippen LogP contribution in [0.15, 0.2) is 46.0 Å². The van der Waals surface area contributed by atoms with Crippen LogP contribution >= 0.6 is 11.6 Å². The SMILES string of the molecule is CO[C@@H]1C[C@H]([C@@H](/C=C(C)/C=C/[C@@H](C/C=C/Cl)OC)O[Si](C(C)C)(C(C)C)C(C)C)O[C@@](Cc2nc[c]([Sn]([CH3])([CH3])[CH3])o2)(OC)C1. The molecule has 0 saturated carbocycles. The van der Waals surface area contributed by atoms with Gasteiger partial charge in [-0.2, -0.15) is 0 Å². The standard InChI is InChI=1S/C31H51ClNO6Si.3CH3.Sn/c1-22(2)40(23(3)4,24(5)6)39-29(18-25(7)13-14-26(34-8)12-11-15-32)28-19-27(35-9)20-31(36-10,38-28)21-30-33-16-17-37-30;;;;/h11,13-16,18,22-24,26-29H,12,19-21H2,1-10H3;3*1H3;/b14-13+,15-11+,25-18+;;;;/t26-,27-,28-,29-,31+;;;;/m1..../s1. The molecule has 2 rings (SSSR count). The molecule has 0 aliphatic carbocycles. The van der Waals surface area contributed by atoms with Crippen LogP contribution < -0.4 is 3.78 Å². The maximum absolute atomic E-state index is 7.46. The molecule has 44 heavy (non-hydrogen) atoms. The van der Waals surface area contributed by atoms with Crippen molar-refractivity contribution in [2.45, 2.75) is 136 Å². The number of nitrogens with zero attached hydrogens (tertiary/aromatic N) is 1. The van der Waals surface area contributed by atoms with Crippen LogP contribution in [-0.2, 0) is 29.8 Å². The van der Waals surface area contributed by atoms with Gasteiger partial charge in [0.2, 0.25) is 0 Å². The van der Waals surface area contributed by atoms with Gasteiger partial charge in [0.1, 0.15) is 0 Å². The molecule has 252 valence electrons. The fourth-order valence-electron chi connectivity index (χ4n) is 6.60. The Kier molecular flexibility index (Phi) is 15.9. The minimum absolute atomic E-state index is 0.0727. The second-order valence-electron chi connectivity index (χ2n) is 14.2. The van der Waals surface area contributed by atoms with Gasteiger partial charge in [0, 0.05) is 12.6 Å². The van der Waals surface area contributed by atoms with E-state index in [1.807, 2.05) is 12.3 Å². The summed E-state index contributed by atoms with van der Waals surface area (Å²) in [6, 6.07) is 0. The van der Waals surface area contributed by atoms with Gasteiger partial charge in [-0.3, -0.25) is 0 Å². The molecule has 0 amide bonds. The third-order valence-electron chi connectivity index (χ3n) is 8.99. The van der Waals surface area contributed by atoms with Crippen molar-refractivity contribution in [2.24, 2.45) is 0 Å². The molecule has 1 aliphatic rings. The number of hydrogen-bond donors (Lipinski definition) is 0. The van der Waals surface area contributed by atoms with E-state index in [0.29, 0.717) is 48.2 Å². The first-order valence-electron chi connectivity index (χ1n) is 16.1. The molecule has 0 spiro atoms. The zero-order chi connectivity index (χ0) is 33.3. The zero-order valence-corrected chi connectivity index (χ0v) is 34.2. The summed E-state index contributed by atoms with van der Waals surface area (Å²) in [7, 11) is 2.89. The Bertz CT molecular complexity index is 1080. The van der Waals surface area contributed by atoms with Gasteiger partial charge >= 0.3 is 232 Å². The Labute approximate surface area is 278 Å². The van der Waals surface area contributed by atoms with Gasteiger partial charge in [-0.25, -0.2) is 0 Å². The predicted molar refractivity (Wildman–Crippen MR) is 187 cm³/mol. The van der Waals surface area contributed by atoms with Crippen molar-refractivity contribution in [3.8, 4) is 0 Å². The van der Waals surface area contributed by atoms with Crippen LogP contribution in [0, 0.1) is 0 Å². The number of ether oxygens (including phenoxy) is 4. The average molecular weight is 761 g/mol. The maximum atomic E-state index is 7.46. The number of methoxy groups -OCH3 is 3. The quantitative estimate of drug-likeness (QED) is 0.117. The van der Waals surface area contributed by atoms with Crippen LogP contribution in [-0.4, -0.2) is 83.2 Å². The Morgan fingerprint density at radius 1 is 1.11 bits per heavy atom. The number of allylic oxidation sites excluding steroid dienone is 2. The molecule has 0 bridgehead atoms. The molecule has 0 radical (unpaired) electrons. The van der Waals surface area contributed by atoms with E-state index in [1.54, 1.807) is 21.3 Å². The Balaban J connectivity index is 2.58. The molecule has 1 saturated heterocycles. The molecule has 0 aromatic carbocycles. The third-order valence-corrected chi connectivity index (χ3v) is 20.1. The Hall–Kier alpha value is -0.464. The predicted octanol–water partition coefficient (Wildman–Crippen LogP) is 8.52. The monoisotopic (exact) mass is 761 g/mol. The molecule has 1 fully saturated rings. The normalized spacial score (nSPS) is 24.0. The van der Waals surface area contributed by atoms with Crippen LogP contribution in [0.25, 0.3) is 0 Å². The summed E-state index contributed by atoms with van der Waals surface area (Å²) in [5.74, 6) is -0.312. The molecule has 0 unspecified atom stereocenters. The van der Waals surface area contributed by atoms with Crippen LogP contribution in [0.4, 0.5) is 0 Å². The molecule has 7 nitrogen and oxygen atoms in total. The summed E-state index contributed by atoms with van der Waals surface area (Å²) in [5.41, 5.74) is 3.85. The topological polar surface area (TPSA) is 72.2 Å². The van der Waals surface area contributed by atoms with E-state index in [2.05, 4.69) is 86.5 Å². The van der Waals surface area contributed by atoms with Crippen molar-refractivity contribution in [1.29, 1.82) is 0 Å². The van der Waals surface area contributed by atoms with Crippen LogP contribution in [0.2, 0.25) is 31.4 Å². The first kappa shape index (κ1) is 39.7. The van der Waals surface area contributed by atoms with Crippen LogP contribution in [0.5, 0.6) is 0 Å². The fraction of sp³-hybridized carbons (Fsp3) is 0.735. The van der Waals surface area contributed by atoms with Crippen molar-refractivity contribution >= 4 is 42.1 Å². The van der Waals surface area contributed by atoms with Crippen molar-refractivity contribution in [2.75, 3.05) is 21.3 Å². The van der Waals surface area contributed by atoms with E-state index in [0.717, 1.165) is 9.35 Å². The van der Waals surface area contributed by atoms with Gasteiger partial charge in [-0.1, -0.05) is 17.7 Å². The van der Waals surface area contributed by atoms with Gasteiger partial charge in [0.05, 0.1) is 6.10 Å². The molecule has 0 N–H and O–H groups in total. The van der Waals surface area contributed by atoms with Crippen molar-refractivity contribution < 1.29 is 27.8 Å². The number of aromatic nitrogens is 1. The summed E-state index contributed by atoms with van der Waals surface area (Å²) in [5, 5.41) is 0. The molecule has 1 aromatic rings. The zero-order valence-electron chi connectivity index (χ0n) is 29.6. The first-order chi connectivity index (χ1) is 20.6. The second-order valence-corrected chi connectivity index (χ2v) is 34.1. The summed E-state index contributed by atoms with van der Waals surface area (Å²) < 4.78 is 39.6. The molecule has 5 atom stereocenters. The Morgan fingerprint density at radius 3 is 2.23 bits per heavy atom. The minimum atomic E-state index is -2.42. The number of hydrogen-bond acceptors (Lipinski definition) is 7. The van der Waals surface area contributed by atoms with Gasteiger partial charge in [0.15, 0.2) is 0 Å². The van der Waals surface area contributed by atoms with E-state index in [1.165, 1.54) is 5.54 Å². The van der Waals surface area contributed by atoms with Gasteiger partial charge in [-0.05, 0) is 6.42 Å². The van der Waals surface area contributed by atoms with Crippen molar-refractivity contribution in [3.05, 3.63) is 47.5 Å². The molecule has 1 aromatic heterocycles.